The summed E-state index contributed by atoms with van der Waals surface area (Å²) < 4.78 is 0. The van der Waals surface area contributed by atoms with Crippen LogP contribution in [0.15, 0.2) is 0 Å². The zero-order valence-corrected chi connectivity index (χ0v) is 9.89. The van der Waals surface area contributed by atoms with Gasteiger partial charge in [-0.2, -0.15) is 0 Å². The topological polar surface area (TPSA) is 92.4 Å². The third-order valence-electron chi connectivity index (χ3n) is 3.82. The van der Waals surface area contributed by atoms with Gasteiger partial charge in [-0.25, -0.2) is 0 Å². The first-order chi connectivity index (χ1) is 8.08. The monoisotopic (exact) mass is 240 g/mol. The maximum atomic E-state index is 12.0. The average Bonchev–Trinajstić information content (AvgIpc) is 3.00. The number of rotatable bonds is 5. The van der Waals surface area contributed by atoms with E-state index in [-0.39, 0.29) is 30.3 Å². The molecule has 0 saturated heterocycles. The fourth-order valence-electron chi connectivity index (χ4n) is 2.63. The Morgan fingerprint density at radius 1 is 1.29 bits per heavy atom. The molecular formula is C12H20N2O3. The SMILES string of the molecule is NC1CCCC1C(=O)NC(CC(=O)O)C1CC1. The van der Waals surface area contributed by atoms with Gasteiger partial charge in [-0.05, 0) is 31.6 Å². The van der Waals surface area contributed by atoms with Crippen LogP contribution in [0.2, 0.25) is 0 Å². The van der Waals surface area contributed by atoms with Crippen molar-refractivity contribution in [2.24, 2.45) is 17.6 Å². The third kappa shape index (κ3) is 3.19. The molecule has 1 amide bonds. The first-order valence-electron chi connectivity index (χ1n) is 6.35. The van der Waals surface area contributed by atoms with Crippen LogP contribution in [0.25, 0.3) is 0 Å². The number of carboxylic acid groups (broad SMARTS) is 1. The molecule has 4 N–H and O–H groups in total. The van der Waals surface area contributed by atoms with Crippen LogP contribution in [0.1, 0.15) is 38.5 Å². The number of aliphatic carboxylic acids is 1. The van der Waals surface area contributed by atoms with Crippen molar-refractivity contribution in [2.75, 3.05) is 0 Å². The average molecular weight is 240 g/mol. The van der Waals surface area contributed by atoms with E-state index in [0.29, 0.717) is 5.92 Å². The molecule has 0 radical (unpaired) electrons. The van der Waals surface area contributed by atoms with Gasteiger partial charge in [0.05, 0.1) is 12.3 Å². The minimum Gasteiger partial charge on any atom is -0.481 e. The number of amides is 1. The van der Waals surface area contributed by atoms with Gasteiger partial charge in [-0.3, -0.25) is 9.59 Å². The molecule has 0 heterocycles. The second-order valence-corrected chi connectivity index (χ2v) is 5.25. The normalized spacial score (nSPS) is 29.9. The molecule has 0 aromatic heterocycles. The Bertz CT molecular complexity index is 315. The van der Waals surface area contributed by atoms with E-state index in [1.807, 2.05) is 0 Å². The number of hydrogen-bond acceptors (Lipinski definition) is 3. The van der Waals surface area contributed by atoms with Crippen LogP contribution in [0.4, 0.5) is 0 Å². The van der Waals surface area contributed by atoms with Gasteiger partial charge in [-0.1, -0.05) is 6.42 Å². The van der Waals surface area contributed by atoms with Gasteiger partial charge >= 0.3 is 5.97 Å². The lowest BCUT2D eigenvalue weighted by molar-refractivity contribution is -0.138. The highest BCUT2D eigenvalue weighted by atomic mass is 16.4. The summed E-state index contributed by atoms with van der Waals surface area (Å²) in [5.41, 5.74) is 5.87. The maximum absolute atomic E-state index is 12.0. The number of nitrogens with one attached hydrogen (secondary N) is 1. The fourth-order valence-corrected chi connectivity index (χ4v) is 2.63. The Morgan fingerprint density at radius 2 is 2.00 bits per heavy atom. The van der Waals surface area contributed by atoms with Crippen molar-refractivity contribution in [2.45, 2.75) is 50.6 Å². The van der Waals surface area contributed by atoms with E-state index in [9.17, 15) is 9.59 Å². The minimum absolute atomic E-state index is 0.0262. The Hall–Kier alpha value is -1.10. The smallest absolute Gasteiger partial charge is 0.305 e. The molecule has 2 fully saturated rings. The molecule has 5 heteroatoms. The van der Waals surface area contributed by atoms with E-state index in [2.05, 4.69) is 5.32 Å². The summed E-state index contributed by atoms with van der Waals surface area (Å²) in [7, 11) is 0. The van der Waals surface area contributed by atoms with Crippen LogP contribution in [-0.4, -0.2) is 29.1 Å². The maximum Gasteiger partial charge on any atom is 0.305 e. The molecule has 2 saturated carbocycles. The summed E-state index contributed by atoms with van der Waals surface area (Å²) >= 11 is 0. The van der Waals surface area contributed by atoms with E-state index in [1.165, 1.54) is 0 Å². The molecule has 0 aromatic carbocycles. The van der Waals surface area contributed by atoms with E-state index < -0.39 is 5.97 Å². The second-order valence-electron chi connectivity index (χ2n) is 5.25. The number of hydrogen-bond donors (Lipinski definition) is 3. The molecule has 96 valence electrons. The van der Waals surface area contributed by atoms with E-state index in [1.54, 1.807) is 0 Å². The van der Waals surface area contributed by atoms with Crippen LogP contribution in [0.3, 0.4) is 0 Å². The summed E-state index contributed by atoms with van der Waals surface area (Å²) in [6.07, 6.45) is 4.79. The second kappa shape index (κ2) is 5.04. The summed E-state index contributed by atoms with van der Waals surface area (Å²) in [5.74, 6) is -0.663. The van der Waals surface area contributed by atoms with Crippen molar-refractivity contribution in [1.82, 2.24) is 5.32 Å². The van der Waals surface area contributed by atoms with E-state index in [0.717, 1.165) is 32.1 Å². The van der Waals surface area contributed by atoms with Crippen molar-refractivity contribution in [1.29, 1.82) is 0 Å². The Kier molecular flexibility index (Phi) is 3.66. The largest absolute Gasteiger partial charge is 0.481 e. The molecule has 0 aromatic rings. The van der Waals surface area contributed by atoms with Gasteiger partial charge in [0, 0.05) is 12.1 Å². The van der Waals surface area contributed by atoms with Crippen LogP contribution in [0.5, 0.6) is 0 Å². The highest BCUT2D eigenvalue weighted by Crippen LogP contribution is 2.34. The Morgan fingerprint density at radius 3 is 2.47 bits per heavy atom. The first kappa shape index (κ1) is 12.4. The lowest BCUT2D eigenvalue weighted by Gasteiger charge is -2.21. The van der Waals surface area contributed by atoms with Gasteiger partial charge in [0.15, 0.2) is 0 Å². The molecule has 5 nitrogen and oxygen atoms in total. The molecule has 0 spiro atoms. The molecule has 17 heavy (non-hydrogen) atoms. The van der Waals surface area contributed by atoms with Crippen molar-refractivity contribution in [3.05, 3.63) is 0 Å². The molecule has 2 aliphatic carbocycles. The molecule has 2 aliphatic rings. The summed E-state index contributed by atoms with van der Waals surface area (Å²) in [6, 6.07) is -0.257. The highest BCUT2D eigenvalue weighted by Gasteiger charge is 2.37. The van der Waals surface area contributed by atoms with Crippen molar-refractivity contribution in [3.8, 4) is 0 Å². The predicted octanol–water partition coefficient (Wildman–Crippen LogP) is 0.483. The predicted molar refractivity (Wildman–Crippen MR) is 62.2 cm³/mol. The van der Waals surface area contributed by atoms with Crippen LogP contribution < -0.4 is 11.1 Å². The van der Waals surface area contributed by atoms with Crippen molar-refractivity contribution < 1.29 is 14.7 Å². The molecule has 2 rings (SSSR count). The fraction of sp³-hybridized carbons (Fsp3) is 0.833. The number of carbonyl (C=O) groups is 2. The first-order valence-corrected chi connectivity index (χ1v) is 6.35. The van der Waals surface area contributed by atoms with E-state index >= 15 is 0 Å². The summed E-state index contributed by atoms with van der Waals surface area (Å²) in [4.78, 5) is 22.7. The Balaban J connectivity index is 1.88. The van der Waals surface area contributed by atoms with Crippen molar-refractivity contribution in [3.63, 3.8) is 0 Å². The summed E-state index contributed by atoms with van der Waals surface area (Å²) in [5, 5.41) is 11.7. The highest BCUT2D eigenvalue weighted by molar-refractivity contribution is 5.80. The zero-order valence-electron chi connectivity index (χ0n) is 9.89. The van der Waals surface area contributed by atoms with Gasteiger partial charge in [0.25, 0.3) is 0 Å². The van der Waals surface area contributed by atoms with Gasteiger partial charge in [0.2, 0.25) is 5.91 Å². The van der Waals surface area contributed by atoms with Crippen LogP contribution >= 0.6 is 0 Å². The van der Waals surface area contributed by atoms with Gasteiger partial charge in [0.1, 0.15) is 0 Å². The number of carboxylic acids is 1. The standard InChI is InChI=1S/C12H20N2O3/c13-9-3-1-2-8(9)12(17)14-10(6-11(15)16)7-4-5-7/h7-10H,1-6,13H2,(H,14,17)(H,15,16). The summed E-state index contributed by atoms with van der Waals surface area (Å²) in [6.45, 7) is 0. The third-order valence-corrected chi connectivity index (χ3v) is 3.82. The van der Waals surface area contributed by atoms with E-state index in [4.69, 9.17) is 10.8 Å². The molecular weight excluding hydrogens is 220 g/mol. The molecule has 3 unspecified atom stereocenters. The molecule has 0 aliphatic heterocycles. The zero-order chi connectivity index (χ0) is 12.4. The van der Waals surface area contributed by atoms with Crippen LogP contribution in [-0.2, 0) is 9.59 Å². The number of carbonyl (C=O) groups excluding carboxylic acids is 1. The lowest BCUT2D eigenvalue weighted by Crippen LogP contribution is -2.45. The molecule has 0 bridgehead atoms. The quantitative estimate of drug-likeness (QED) is 0.652. The lowest BCUT2D eigenvalue weighted by atomic mass is 10.0. The van der Waals surface area contributed by atoms with Crippen molar-refractivity contribution >= 4 is 11.9 Å². The van der Waals surface area contributed by atoms with Gasteiger partial charge < -0.3 is 16.2 Å². The Labute approximate surface area is 101 Å². The van der Waals surface area contributed by atoms with Gasteiger partial charge in [-0.15, -0.1) is 0 Å². The minimum atomic E-state index is -0.849. The number of nitrogens with two attached hydrogens (primary N) is 1. The molecule has 3 atom stereocenters. The van der Waals surface area contributed by atoms with Crippen LogP contribution in [0, 0.1) is 11.8 Å².